The van der Waals surface area contributed by atoms with E-state index in [0.717, 1.165) is 64.4 Å². The topological polar surface area (TPSA) is 45.2 Å². The highest BCUT2D eigenvalue weighted by atomic mass is 16.6. The first-order valence-electron chi connectivity index (χ1n) is 10.7. The summed E-state index contributed by atoms with van der Waals surface area (Å²) in [5.74, 6) is 1.42. The van der Waals surface area contributed by atoms with Crippen LogP contribution in [0.15, 0.2) is 24.3 Å². The second-order valence-corrected chi connectivity index (χ2v) is 8.09. The number of likely N-dealkylation sites (tertiary alicyclic amines) is 1. The minimum Gasteiger partial charge on any atom is -0.493 e. The highest BCUT2D eigenvalue weighted by Crippen LogP contribution is 2.23. The third-order valence-corrected chi connectivity index (χ3v) is 5.72. The lowest BCUT2D eigenvalue weighted by molar-refractivity contribution is 0.0608. The van der Waals surface area contributed by atoms with Crippen molar-refractivity contribution in [3.05, 3.63) is 24.3 Å². The van der Waals surface area contributed by atoms with Gasteiger partial charge in [0.15, 0.2) is 0 Å². The van der Waals surface area contributed by atoms with E-state index in [0.29, 0.717) is 12.5 Å². The minimum absolute atomic E-state index is 0.0629. The second-order valence-electron chi connectivity index (χ2n) is 8.09. The molecule has 0 aliphatic carbocycles. The predicted molar refractivity (Wildman–Crippen MR) is 112 cm³/mol. The van der Waals surface area contributed by atoms with E-state index in [2.05, 4.69) is 41.0 Å². The largest absolute Gasteiger partial charge is 0.493 e. The molecule has 0 aromatic heterocycles. The Morgan fingerprint density at radius 2 is 1.68 bits per heavy atom. The van der Waals surface area contributed by atoms with Crippen LogP contribution in [0.4, 0.5) is 10.5 Å². The molecule has 1 aromatic carbocycles. The number of carbonyl (C=O) groups is 1. The van der Waals surface area contributed by atoms with Gasteiger partial charge in [0.25, 0.3) is 0 Å². The lowest BCUT2D eigenvalue weighted by Gasteiger charge is -2.35. The van der Waals surface area contributed by atoms with Crippen molar-refractivity contribution < 1.29 is 14.3 Å². The van der Waals surface area contributed by atoms with Gasteiger partial charge in [-0.1, -0.05) is 6.92 Å². The first-order valence-corrected chi connectivity index (χ1v) is 10.7. The average Bonchev–Trinajstić information content (AvgIpc) is 2.72. The molecule has 2 saturated heterocycles. The molecule has 0 N–H and O–H groups in total. The summed E-state index contributed by atoms with van der Waals surface area (Å²) in [6.45, 7) is 13.8. The van der Waals surface area contributed by atoms with Crippen LogP contribution >= 0.6 is 0 Å². The molecular weight excluding hydrogens is 354 g/mol. The molecular formula is C22H35N3O3. The fourth-order valence-electron chi connectivity index (χ4n) is 3.85. The molecule has 0 atom stereocenters. The maximum absolute atomic E-state index is 12.0. The number of likely N-dealkylation sites (N-methyl/N-ethyl adjacent to an activating group) is 1. The van der Waals surface area contributed by atoms with Crippen LogP contribution in [0.1, 0.15) is 33.6 Å². The van der Waals surface area contributed by atoms with Gasteiger partial charge in [-0.3, -0.25) is 0 Å². The number of carbonyl (C=O) groups excluding carboxylic acids is 1. The Balaban J connectivity index is 1.39. The van der Waals surface area contributed by atoms with Crippen LogP contribution < -0.4 is 9.64 Å². The third-order valence-electron chi connectivity index (χ3n) is 5.72. The summed E-state index contributed by atoms with van der Waals surface area (Å²) in [7, 11) is 0. The zero-order chi connectivity index (χ0) is 19.9. The SMILES string of the molecule is CCN1CCN(c2ccc(OCC3CCN(C(=O)OC(C)C)CC3)cc2)CC1. The summed E-state index contributed by atoms with van der Waals surface area (Å²) in [5.41, 5.74) is 1.28. The van der Waals surface area contributed by atoms with Crippen LogP contribution in [-0.4, -0.2) is 74.4 Å². The molecule has 6 nitrogen and oxygen atoms in total. The molecule has 0 bridgehead atoms. The van der Waals surface area contributed by atoms with Gasteiger partial charge in [0, 0.05) is 45.0 Å². The fourth-order valence-corrected chi connectivity index (χ4v) is 3.85. The van der Waals surface area contributed by atoms with E-state index in [1.165, 1.54) is 5.69 Å². The van der Waals surface area contributed by atoms with E-state index >= 15 is 0 Å². The maximum atomic E-state index is 12.0. The van der Waals surface area contributed by atoms with Gasteiger partial charge < -0.3 is 24.2 Å². The van der Waals surface area contributed by atoms with E-state index in [9.17, 15) is 4.79 Å². The Morgan fingerprint density at radius 1 is 1.04 bits per heavy atom. The number of piperazine rings is 1. The first-order chi connectivity index (χ1) is 13.5. The molecule has 2 aliphatic rings. The number of piperidine rings is 1. The van der Waals surface area contributed by atoms with Crippen LogP contribution in [0.2, 0.25) is 0 Å². The zero-order valence-electron chi connectivity index (χ0n) is 17.6. The molecule has 6 heteroatoms. The number of anilines is 1. The molecule has 0 unspecified atom stereocenters. The minimum atomic E-state index is -0.190. The number of ether oxygens (including phenoxy) is 2. The summed E-state index contributed by atoms with van der Waals surface area (Å²) >= 11 is 0. The van der Waals surface area contributed by atoms with Crippen molar-refractivity contribution in [3.63, 3.8) is 0 Å². The van der Waals surface area contributed by atoms with Gasteiger partial charge in [0.1, 0.15) is 5.75 Å². The van der Waals surface area contributed by atoms with Crippen molar-refractivity contribution in [1.82, 2.24) is 9.80 Å². The van der Waals surface area contributed by atoms with Gasteiger partial charge in [-0.25, -0.2) is 4.79 Å². The molecule has 3 rings (SSSR count). The highest BCUT2D eigenvalue weighted by molar-refractivity contribution is 5.67. The van der Waals surface area contributed by atoms with Gasteiger partial charge in [0.05, 0.1) is 12.7 Å². The maximum Gasteiger partial charge on any atom is 0.410 e. The van der Waals surface area contributed by atoms with Crippen molar-refractivity contribution in [2.24, 2.45) is 5.92 Å². The third kappa shape index (κ3) is 5.77. The Hall–Kier alpha value is -1.95. The van der Waals surface area contributed by atoms with Crippen LogP contribution in [0.5, 0.6) is 5.75 Å². The molecule has 156 valence electrons. The second kappa shape index (κ2) is 10.0. The predicted octanol–water partition coefficient (Wildman–Crippen LogP) is 3.46. The number of rotatable bonds is 6. The van der Waals surface area contributed by atoms with Crippen molar-refractivity contribution >= 4 is 11.8 Å². The van der Waals surface area contributed by atoms with Gasteiger partial charge in [-0.05, 0) is 63.4 Å². The first kappa shape index (κ1) is 20.8. The van der Waals surface area contributed by atoms with E-state index < -0.39 is 0 Å². The summed E-state index contributed by atoms with van der Waals surface area (Å²) in [4.78, 5) is 18.7. The number of benzene rings is 1. The lowest BCUT2D eigenvalue weighted by atomic mass is 9.98. The molecule has 2 aliphatic heterocycles. The van der Waals surface area contributed by atoms with Crippen LogP contribution in [0.25, 0.3) is 0 Å². The van der Waals surface area contributed by atoms with Crippen LogP contribution in [0.3, 0.4) is 0 Å². The van der Waals surface area contributed by atoms with Crippen molar-refractivity contribution in [2.45, 2.75) is 39.7 Å². The lowest BCUT2D eigenvalue weighted by Crippen LogP contribution is -2.46. The Labute approximate surface area is 169 Å². The molecule has 0 radical (unpaired) electrons. The standard InChI is InChI=1S/C22H35N3O3/c1-4-23-13-15-24(16-14-23)20-5-7-21(8-6-20)27-17-19-9-11-25(12-10-19)22(26)28-18(2)3/h5-8,18-19H,4,9-17H2,1-3H3. The summed E-state index contributed by atoms with van der Waals surface area (Å²) in [6, 6.07) is 8.50. The molecule has 2 fully saturated rings. The molecule has 1 amide bonds. The quantitative estimate of drug-likeness (QED) is 0.746. The fraction of sp³-hybridized carbons (Fsp3) is 0.682. The smallest absolute Gasteiger partial charge is 0.410 e. The van der Waals surface area contributed by atoms with Crippen LogP contribution in [0, 0.1) is 5.92 Å². The van der Waals surface area contributed by atoms with Gasteiger partial charge in [0.2, 0.25) is 0 Å². The summed E-state index contributed by atoms with van der Waals surface area (Å²) in [6.07, 6.45) is 1.68. The van der Waals surface area contributed by atoms with E-state index in [1.54, 1.807) is 0 Å². The van der Waals surface area contributed by atoms with Gasteiger partial charge in [-0.15, -0.1) is 0 Å². The van der Waals surface area contributed by atoms with Crippen LogP contribution in [-0.2, 0) is 4.74 Å². The Morgan fingerprint density at radius 3 is 2.25 bits per heavy atom. The zero-order valence-corrected chi connectivity index (χ0v) is 17.6. The van der Waals surface area contributed by atoms with E-state index in [4.69, 9.17) is 9.47 Å². The van der Waals surface area contributed by atoms with Crippen molar-refractivity contribution in [3.8, 4) is 5.75 Å². The Kier molecular flexibility index (Phi) is 7.43. The number of hydrogen-bond donors (Lipinski definition) is 0. The van der Waals surface area contributed by atoms with Crippen molar-refractivity contribution in [2.75, 3.05) is 57.3 Å². The molecule has 1 aromatic rings. The van der Waals surface area contributed by atoms with E-state index in [-0.39, 0.29) is 12.2 Å². The molecule has 28 heavy (non-hydrogen) atoms. The molecule has 0 spiro atoms. The van der Waals surface area contributed by atoms with Crippen molar-refractivity contribution in [1.29, 1.82) is 0 Å². The molecule has 2 heterocycles. The average molecular weight is 390 g/mol. The molecule has 0 saturated carbocycles. The highest BCUT2D eigenvalue weighted by Gasteiger charge is 2.24. The van der Waals surface area contributed by atoms with Gasteiger partial charge >= 0.3 is 6.09 Å². The number of amides is 1. The monoisotopic (exact) mass is 389 g/mol. The number of hydrogen-bond acceptors (Lipinski definition) is 5. The normalized spacial score (nSPS) is 19.1. The summed E-state index contributed by atoms with van der Waals surface area (Å²) < 4.78 is 11.3. The van der Waals surface area contributed by atoms with Gasteiger partial charge in [-0.2, -0.15) is 0 Å². The summed E-state index contributed by atoms with van der Waals surface area (Å²) in [5, 5.41) is 0. The number of nitrogens with zero attached hydrogens (tertiary/aromatic N) is 3. The Bertz CT molecular complexity index is 604. The van der Waals surface area contributed by atoms with E-state index in [1.807, 2.05) is 18.7 Å².